The van der Waals surface area contributed by atoms with Crippen molar-refractivity contribution in [1.82, 2.24) is 30.0 Å². The third-order valence-electron chi connectivity index (χ3n) is 8.33. The summed E-state index contributed by atoms with van der Waals surface area (Å²) in [6.07, 6.45) is -1.56. The Bertz CT molecular complexity index is 1420. The summed E-state index contributed by atoms with van der Waals surface area (Å²) in [4.78, 5) is 5.13. The first-order chi connectivity index (χ1) is 20.4. The molecule has 2 saturated heterocycles. The zero-order valence-corrected chi connectivity index (χ0v) is 23.6. The zero-order valence-electron chi connectivity index (χ0n) is 23.6. The van der Waals surface area contributed by atoms with Crippen molar-refractivity contribution < 1.29 is 17.9 Å². The van der Waals surface area contributed by atoms with Gasteiger partial charge in [0.15, 0.2) is 0 Å². The third kappa shape index (κ3) is 5.91. The summed E-state index contributed by atoms with van der Waals surface area (Å²) < 4.78 is 47.7. The molecule has 0 amide bonds. The van der Waals surface area contributed by atoms with Gasteiger partial charge in [-0.2, -0.15) is 17.9 Å². The van der Waals surface area contributed by atoms with Crippen LogP contribution in [0.25, 0.3) is 5.69 Å². The molecule has 4 aromatic rings. The van der Waals surface area contributed by atoms with Crippen LogP contribution < -0.4 is 4.74 Å². The summed E-state index contributed by atoms with van der Waals surface area (Å²) >= 11 is 0. The number of nitrogens with zero attached hydrogens (tertiary/aromatic N) is 6. The smallest absolute Gasteiger partial charge is 0.453 e. The van der Waals surface area contributed by atoms with Gasteiger partial charge in [-0.25, -0.2) is 0 Å². The lowest BCUT2D eigenvalue weighted by Gasteiger charge is -2.47. The van der Waals surface area contributed by atoms with Gasteiger partial charge in [0.1, 0.15) is 5.75 Å². The van der Waals surface area contributed by atoms with Crippen LogP contribution in [-0.2, 0) is 12.7 Å². The summed E-state index contributed by atoms with van der Waals surface area (Å²) in [5.41, 5.74) is 3.65. The molecule has 10 heteroatoms. The maximum absolute atomic E-state index is 13.6. The molecule has 2 unspecified atom stereocenters. The lowest BCUT2D eigenvalue weighted by Crippen LogP contribution is -2.57. The first kappa shape index (κ1) is 28.4. The van der Waals surface area contributed by atoms with Crippen LogP contribution in [-0.4, -0.2) is 68.3 Å². The number of alkyl halides is 3. The number of aromatic nitrogens is 4. The van der Waals surface area contributed by atoms with E-state index in [4.69, 9.17) is 4.74 Å². The zero-order chi connectivity index (χ0) is 29.1. The average molecular weight is 577 g/mol. The second kappa shape index (κ2) is 12.2. The summed E-state index contributed by atoms with van der Waals surface area (Å²) in [6, 6.07) is 27.1. The second-order valence-corrected chi connectivity index (χ2v) is 11.1. The highest BCUT2D eigenvalue weighted by Crippen LogP contribution is 2.38. The van der Waals surface area contributed by atoms with Crippen LogP contribution in [0.3, 0.4) is 0 Å². The normalized spacial score (nSPS) is 19.7. The molecule has 0 bridgehead atoms. The molecule has 0 radical (unpaired) electrons. The molecule has 6 rings (SSSR count). The van der Waals surface area contributed by atoms with Gasteiger partial charge in [0.25, 0.3) is 5.82 Å². The highest BCUT2D eigenvalue weighted by atomic mass is 19.4. The van der Waals surface area contributed by atoms with Crippen LogP contribution in [0.2, 0.25) is 0 Å². The Morgan fingerprint density at radius 3 is 2.33 bits per heavy atom. The van der Waals surface area contributed by atoms with E-state index in [0.717, 1.165) is 49.1 Å². The molecule has 0 N–H and O–H groups in total. The van der Waals surface area contributed by atoms with Gasteiger partial charge in [-0.3, -0.25) is 9.80 Å². The number of fused-ring (bicyclic) bond motifs is 1. The molecule has 0 saturated carbocycles. The van der Waals surface area contributed by atoms with E-state index in [0.29, 0.717) is 24.9 Å². The summed E-state index contributed by atoms with van der Waals surface area (Å²) in [5, 5.41) is 10.2. The first-order valence-electron chi connectivity index (χ1n) is 14.6. The van der Waals surface area contributed by atoms with Gasteiger partial charge < -0.3 is 4.74 Å². The van der Waals surface area contributed by atoms with Gasteiger partial charge in [0.2, 0.25) is 0 Å². The molecule has 1 aromatic heterocycles. The predicted octanol–water partition coefficient (Wildman–Crippen LogP) is 5.95. The standard InChI is InChI=1S/C32H35F3N6O/c1-2-18-42-29-16-15-26(41-31(32(33,34)35)36-37-38-41)19-25(29)20-39-21-27-14-9-17-40(27)28(22-39)30(23-10-5-3-6-11-23)24-12-7-4-8-13-24/h3-8,10-13,15-16,19,27-28,30H,2,9,14,17-18,20-22H2,1H3. The summed E-state index contributed by atoms with van der Waals surface area (Å²) in [5.74, 6) is -0.285. The molecule has 2 aliphatic heterocycles. The van der Waals surface area contributed by atoms with Gasteiger partial charge in [-0.05, 0) is 65.6 Å². The molecule has 2 atom stereocenters. The molecule has 2 aliphatic rings. The topological polar surface area (TPSA) is 59.3 Å². The van der Waals surface area contributed by atoms with Gasteiger partial charge in [0.05, 0.1) is 12.3 Å². The molecule has 2 fully saturated rings. The Morgan fingerprint density at radius 2 is 1.67 bits per heavy atom. The molecule has 0 aliphatic carbocycles. The van der Waals surface area contributed by atoms with Crippen molar-refractivity contribution in [1.29, 1.82) is 0 Å². The van der Waals surface area contributed by atoms with E-state index in [2.05, 4.69) is 86.0 Å². The molecule has 3 aromatic carbocycles. The fourth-order valence-electron chi connectivity index (χ4n) is 6.57. The fraction of sp³-hybridized carbons (Fsp3) is 0.406. The highest BCUT2D eigenvalue weighted by Gasteiger charge is 2.42. The van der Waals surface area contributed by atoms with Crippen molar-refractivity contribution in [3.8, 4) is 11.4 Å². The van der Waals surface area contributed by atoms with Gasteiger partial charge in [-0.15, -0.1) is 5.10 Å². The van der Waals surface area contributed by atoms with E-state index in [-0.39, 0.29) is 17.6 Å². The average Bonchev–Trinajstić information content (AvgIpc) is 3.68. The molecule has 220 valence electrons. The van der Waals surface area contributed by atoms with Crippen LogP contribution in [0, 0.1) is 0 Å². The maximum Gasteiger partial charge on any atom is 0.453 e. The predicted molar refractivity (Wildman–Crippen MR) is 153 cm³/mol. The molecule has 7 nitrogen and oxygen atoms in total. The number of hydrogen-bond acceptors (Lipinski definition) is 6. The Balaban J connectivity index is 1.35. The summed E-state index contributed by atoms with van der Waals surface area (Å²) in [6.45, 7) is 5.88. The number of benzene rings is 3. The largest absolute Gasteiger partial charge is 0.493 e. The first-order valence-corrected chi connectivity index (χ1v) is 14.6. The second-order valence-electron chi connectivity index (χ2n) is 11.1. The van der Waals surface area contributed by atoms with Crippen molar-refractivity contribution in [2.24, 2.45) is 0 Å². The Labute approximate surface area is 243 Å². The lowest BCUT2D eigenvalue weighted by atomic mass is 9.82. The SMILES string of the molecule is CCCOc1ccc(-n2nnnc2C(F)(F)F)cc1CN1CC2CCCN2C(C(c2ccccc2)c2ccccc2)C1. The Hall–Kier alpha value is -3.76. The lowest BCUT2D eigenvalue weighted by molar-refractivity contribution is -0.146. The number of hydrogen-bond donors (Lipinski definition) is 0. The number of rotatable bonds is 9. The molecule has 42 heavy (non-hydrogen) atoms. The molecular weight excluding hydrogens is 541 g/mol. The van der Waals surface area contributed by atoms with Gasteiger partial charge in [0, 0.05) is 43.2 Å². The van der Waals surface area contributed by atoms with Crippen LogP contribution in [0.1, 0.15) is 54.6 Å². The van der Waals surface area contributed by atoms with Crippen molar-refractivity contribution in [2.75, 3.05) is 26.2 Å². The van der Waals surface area contributed by atoms with Gasteiger partial charge in [-0.1, -0.05) is 67.6 Å². The Morgan fingerprint density at radius 1 is 0.952 bits per heavy atom. The Kier molecular flexibility index (Phi) is 8.26. The fourth-order valence-corrected chi connectivity index (χ4v) is 6.57. The quantitative estimate of drug-likeness (QED) is 0.246. The van der Waals surface area contributed by atoms with Crippen LogP contribution in [0.15, 0.2) is 78.9 Å². The molecule has 0 spiro atoms. The van der Waals surface area contributed by atoms with Crippen molar-refractivity contribution in [2.45, 2.75) is 56.9 Å². The van der Waals surface area contributed by atoms with E-state index < -0.39 is 12.0 Å². The minimum Gasteiger partial charge on any atom is -0.493 e. The van der Waals surface area contributed by atoms with Gasteiger partial charge >= 0.3 is 6.18 Å². The minimum atomic E-state index is -4.67. The van der Waals surface area contributed by atoms with Crippen molar-refractivity contribution in [3.63, 3.8) is 0 Å². The van der Waals surface area contributed by atoms with E-state index in [1.807, 2.05) is 6.92 Å². The third-order valence-corrected chi connectivity index (χ3v) is 8.33. The van der Waals surface area contributed by atoms with E-state index in [1.54, 1.807) is 18.2 Å². The minimum absolute atomic E-state index is 0.188. The van der Waals surface area contributed by atoms with Crippen LogP contribution in [0.4, 0.5) is 13.2 Å². The van der Waals surface area contributed by atoms with Crippen molar-refractivity contribution in [3.05, 3.63) is 101 Å². The van der Waals surface area contributed by atoms with E-state index in [1.165, 1.54) is 11.1 Å². The molecule has 3 heterocycles. The van der Waals surface area contributed by atoms with Crippen LogP contribution >= 0.6 is 0 Å². The van der Waals surface area contributed by atoms with E-state index >= 15 is 0 Å². The maximum atomic E-state index is 13.6. The van der Waals surface area contributed by atoms with E-state index in [9.17, 15) is 13.2 Å². The number of piperazine rings is 1. The monoisotopic (exact) mass is 576 g/mol. The number of ether oxygens (including phenoxy) is 1. The summed E-state index contributed by atoms with van der Waals surface area (Å²) in [7, 11) is 0. The highest BCUT2D eigenvalue weighted by molar-refractivity contribution is 5.44. The number of tetrazole rings is 1. The van der Waals surface area contributed by atoms with Crippen LogP contribution in [0.5, 0.6) is 5.75 Å². The number of halogens is 3. The molecular formula is C32H35F3N6O. The van der Waals surface area contributed by atoms with Crippen molar-refractivity contribution >= 4 is 0 Å².